The van der Waals surface area contributed by atoms with Crippen molar-refractivity contribution in [2.75, 3.05) is 13.3 Å². The molecule has 2 heterocycles. The second-order valence-corrected chi connectivity index (χ2v) is 5.20. The number of carboxylic acid groups (broad SMARTS) is 1. The molecule has 2 N–H and O–H groups in total. The predicted molar refractivity (Wildman–Crippen MR) is 68.5 cm³/mol. The zero-order valence-corrected chi connectivity index (χ0v) is 11.0. The van der Waals surface area contributed by atoms with Gasteiger partial charge in [-0.3, -0.25) is 4.79 Å². The van der Waals surface area contributed by atoms with Gasteiger partial charge in [0.05, 0.1) is 5.92 Å². The maximum Gasteiger partial charge on any atom is 0.307 e. The van der Waals surface area contributed by atoms with Crippen molar-refractivity contribution in [2.24, 2.45) is 5.92 Å². The molecular weight excluding hydrogens is 246 g/mol. The number of rotatable bonds is 2. The van der Waals surface area contributed by atoms with Gasteiger partial charge in [-0.1, -0.05) is 6.07 Å². The summed E-state index contributed by atoms with van der Waals surface area (Å²) in [5, 5.41) is 12.3. The van der Waals surface area contributed by atoms with Crippen LogP contribution < -0.4 is 14.8 Å². The Morgan fingerprint density at radius 3 is 2.79 bits per heavy atom. The van der Waals surface area contributed by atoms with Gasteiger partial charge in [-0.05, 0) is 31.4 Å². The molecule has 3 rings (SSSR count). The monoisotopic (exact) mass is 263 g/mol. The van der Waals surface area contributed by atoms with Crippen LogP contribution in [-0.4, -0.2) is 24.4 Å². The third kappa shape index (κ3) is 1.94. The smallest absolute Gasteiger partial charge is 0.307 e. The average molecular weight is 263 g/mol. The normalized spacial score (nSPS) is 24.7. The van der Waals surface area contributed by atoms with Gasteiger partial charge in [0.1, 0.15) is 0 Å². The predicted octanol–water partition coefficient (Wildman–Crippen LogP) is 1.77. The Bertz CT molecular complexity index is 541. The highest BCUT2D eigenvalue weighted by atomic mass is 16.7. The largest absolute Gasteiger partial charge is 0.481 e. The standard InChI is InChI=1S/C14H17NO4/c1-7-3-10(11-4-9(5-15-11)14(16)17)13-12(8(7)2)18-6-19-13/h3,9,11,15H,4-6H2,1-2H3,(H,16,17). The molecule has 0 bridgehead atoms. The molecule has 2 unspecified atom stereocenters. The molecule has 0 saturated carbocycles. The summed E-state index contributed by atoms with van der Waals surface area (Å²) in [6, 6.07) is 2.10. The van der Waals surface area contributed by atoms with Crippen LogP contribution in [0.3, 0.4) is 0 Å². The third-order valence-electron chi connectivity index (χ3n) is 4.03. The fourth-order valence-electron chi connectivity index (χ4n) is 2.78. The summed E-state index contributed by atoms with van der Waals surface area (Å²) in [7, 11) is 0. The zero-order valence-electron chi connectivity index (χ0n) is 11.0. The Balaban J connectivity index is 1.96. The molecule has 5 nitrogen and oxygen atoms in total. The second-order valence-electron chi connectivity index (χ2n) is 5.20. The SMILES string of the molecule is Cc1cc(C2CC(C(=O)O)CN2)c2c(c1C)OCO2. The highest BCUT2D eigenvalue weighted by molar-refractivity contribution is 5.71. The molecule has 0 spiro atoms. The zero-order chi connectivity index (χ0) is 13.6. The van der Waals surface area contributed by atoms with Crippen LogP contribution in [0.2, 0.25) is 0 Å². The van der Waals surface area contributed by atoms with Crippen molar-refractivity contribution < 1.29 is 19.4 Å². The summed E-state index contributed by atoms with van der Waals surface area (Å²) in [4.78, 5) is 11.0. The lowest BCUT2D eigenvalue weighted by molar-refractivity contribution is -0.141. The van der Waals surface area contributed by atoms with E-state index in [0.29, 0.717) is 13.0 Å². The Kier molecular flexibility index (Phi) is 2.86. The number of benzene rings is 1. The Labute approximate surface area is 111 Å². The number of carbonyl (C=O) groups is 1. The number of carboxylic acids is 1. The fourth-order valence-corrected chi connectivity index (χ4v) is 2.78. The lowest BCUT2D eigenvalue weighted by Gasteiger charge is -2.16. The number of aryl methyl sites for hydroxylation is 1. The van der Waals surface area contributed by atoms with Crippen molar-refractivity contribution in [1.82, 2.24) is 5.32 Å². The van der Waals surface area contributed by atoms with E-state index in [1.165, 1.54) is 0 Å². The van der Waals surface area contributed by atoms with Gasteiger partial charge in [0.25, 0.3) is 0 Å². The van der Waals surface area contributed by atoms with Gasteiger partial charge in [-0.25, -0.2) is 0 Å². The van der Waals surface area contributed by atoms with Gasteiger partial charge >= 0.3 is 5.97 Å². The molecule has 5 heteroatoms. The van der Waals surface area contributed by atoms with Crippen LogP contribution in [-0.2, 0) is 4.79 Å². The second kappa shape index (κ2) is 4.42. The van der Waals surface area contributed by atoms with E-state index in [2.05, 4.69) is 11.4 Å². The first-order valence-corrected chi connectivity index (χ1v) is 6.44. The molecule has 2 aliphatic heterocycles. The minimum atomic E-state index is -0.743. The van der Waals surface area contributed by atoms with Crippen LogP contribution in [0, 0.1) is 19.8 Å². The lowest BCUT2D eigenvalue weighted by atomic mass is 9.95. The first-order valence-electron chi connectivity index (χ1n) is 6.44. The molecule has 1 aromatic rings. The van der Waals surface area contributed by atoms with E-state index >= 15 is 0 Å². The van der Waals surface area contributed by atoms with Crippen LogP contribution in [0.15, 0.2) is 6.07 Å². The molecule has 19 heavy (non-hydrogen) atoms. The van der Waals surface area contributed by atoms with E-state index in [-0.39, 0.29) is 18.8 Å². The lowest BCUT2D eigenvalue weighted by Crippen LogP contribution is -2.17. The van der Waals surface area contributed by atoms with E-state index in [1.807, 2.05) is 13.8 Å². The summed E-state index contributed by atoms with van der Waals surface area (Å²) in [6.45, 7) is 4.78. The number of ether oxygens (including phenoxy) is 2. The van der Waals surface area contributed by atoms with Crippen LogP contribution in [0.1, 0.15) is 29.2 Å². The molecule has 0 aromatic heterocycles. The molecule has 1 saturated heterocycles. The number of nitrogens with one attached hydrogen (secondary N) is 1. The van der Waals surface area contributed by atoms with Crippen LogP contribution in [0.5, 0.6) is 11.5 Å². The summed E-state index contributed by atoms with van der Waals surface area (Å²) in [5.41, 5.74) is 3.24. The van der Waals surface area contributed by atoms with Crippen molar-refractivity contribution in [2.45, 2.75) is 26.3 Å². The molecule has 102 valence electrons. The number of fused-ring (bicyclic) bond motifs is 1. The number of aliphatic carboxylic acids is 1. The van der Waals surface area contributed by atoms with E-state index in [9.17, 15) is 4.79 Å². The Morgan fingerprint density at radius 2 is 2.11 bits per heavy atom. The van der Waals surface area contributed by atoms with Gasteiger partial charge < -0.3 is 19.9 Å². The molecule has 0 radical (unpaired) electrons. The molecule has 0 amide bonds. The fraction of sp³-hybridized carbons (Fsp3) is 0.500. The van der Waals surface area contributed by atoms with Gasteiger partial charge in [-0.15, -0.1) is 0 Å². The van der Waals surface area contributed by atoms with Crippen molar-refractivity contribution in [3.8, 4) is 11.5 Å². The van der Waals surface area contributed by atoms with Gasteiger partial charge in [0.2, 0.25) is 6.79 Å². The van der Waals surface area contributed by atoms with Crippen LogP contribution in [0.4, 0.5) is 0 Å². The van der Waals surface area contributed by atoms with E-state index in [0.717, 1.165) is 28.2 Å². The van der Waals surface area contributed by atoms with Crippen molar-refractivity contribution in [3.05, 3.63) is 22.8 Å². The number of hydrogen-bond acceptors (Lipinski definition) is 4. The van der Waals surface area contributed by atoms with Crippen LogP contribution in [0.25, 0.3) is 0 Å². The van der Waals surface area contributed by atoms with Gasteiger partial charge in [-0.2, -0.15) is 0 Å². The highest BCUT2D eigenvalue weighted by Gasteiger charge is 2.34. The van der Waals surface area contributed by atoms with Crippen molar-refractivity contribution >= 4 is 5.97 Å². The molecule has 2 atom stereocenters. The van der Waals surface area contributed by atoms with E-state index in [1.54, 1.807) is 0 Å². The Hall–Kier alpha value is -1.75. The summed E-state index contributed by atoms with van der Waals surface area (Å²) >= 11 is 0. The third-order valence-corrected chi connectivity index (χ3v) is 4.03. The van der Waals surface area contributed by atoms with Crippen LogP contribution >= 0.6 is 0 Å². The van der Waals surface area contributed by atoms with Gasteiger partial charge in [0.15, 0.2) is 11.5 Å². The van der Waals surface area contributed by atoms with E-state index < -0.39 is 5.97 Å². The maximum atomic E-state index is 11.0. The topological polar surface area (TPSA) is 67.8 Å². The maximum absolute atomic E-state index is 11.0. The summed E-state index contributed by atoms with van der Waals surface area (Å²) in [6.07, 6.45) is 0.591. The summed E-state index contributed by atoms with van der Waals surface area (Å²) in [5.74, 6) is 0.499. The number of hydrogen-bond donors (Lipinski definition) is 2. The van der Waals surface area contributed by atoms with Crippen molar-refractivity contribution in [3.63, 3.8) is 0 Å². The molecular formula is C14H17NO4. The van der Waals surface area contributed by atoms with Crippen molar-refractivity contribution in [1.29, 1.82) is 0 Å². The first-order chi connectivity index (χ1) is 9.08. The molecule has 0 aliphatic carbocycles. The minimum Gasteiger partial charge on any atom is -0.481 e. The minimum absolute atomic E-state index is 0.0239. The van der Waals surface area contributed by atoms with E-state index in [4.69, 9.17) is 14.6 Å². The molecule has 1 fully saturated rings. The van der Waals surface area contributed by atoms with Gasteiger partial charge in [0, 0.05) is 18.2 Å². The Morgan fingerprint density at radius 1 is 1.37 bits per heavy atom. The molecule has 1 aromatic carbocycles. The first kappa shape index (κ1) is 12.3. The average Bonchev–Trinajstić information content (AvgIpc) is 3.02. The highest BCUT2D eigenvalue weighted by Crippen LogP contribution is 2.44. The molecule has 2 aliphatic rings. The quantitative estimate of drug-likeness (QED) is 0.851. The summed E-state index contributed by atoms with van der Waals surface area (Å²) < 4.78 is 11.1.